The van der Waals surface area contributed by atoms with E-state index in [9.17, 15) is 4.79 Å². The van der Waals surface area contributed by atoms with Gasteiger partial charge in [0.25, 0.3) is 0 Å². The molecular weight excluding hydrogens is 352 g/mol. The first-order chi connectivity index (χ1) is 10.2. The summed E-state index contributed by atoms with van der Waals surface area (Å²) in [4.78, 5) is 16.0. The Bertz CT molecular complexity index is 776. The summed E-state index contributed by atoms with van der Waals surface area (Å²) >= 11 is 4.83. The van der Waals surface area contributed by atoms with Crippen LogP contribution in [0, 0.1) is 0 Å². The Morgan fingerprint density at radius 1 is 1.24 bits per heavy atom. The molecule has 5 nitrogen and oxygen atoms in total. The van der Waals surface area contributed by atoms with Gasteiger partial charge in [-0.25, -0.2) is 4.98 Å². The lowest BCUT2D eigenvalue weighted by atomic mass is 10.1. The first-order valence-corrected chi connectivity index (χ1v) is 7.97. The molecule has 0 aliphatic heterocycles. The van der Waals surface area contributed by atoms with Gasteiger partial charge in [0.2, 0.25) is 5.91 Å². The van der Waals surface area contributed by atoms with Gasteiger partial charge in [-0.3, -0.25) is 9.89 Å². The summed E-state index contributed by atoms with van der Waals surface area (Å²) in [5, 5.41) is 12.1. The summed E-state index contributed by atoms with van der Waals surface area (Å²) in [7, 11) is 0. The molecule has 0 fully saturated rings. The van der Waals surface area contributed by atoms with Gasteiger partial charge in [0.15, 0.2) is 5.16 Å². The molecule has 0 aliphatic rings. The second-order valence-electron chi connectivity index (χ2n) is 4.27. The van der Waals surface area contributed by atoms with E-state index < -0.39 is 0 Å². The Kier molecular flexibility index (Phi) is 4.21. The van der Waals surface area contributed by atoms with Crippen LogP contribution >= 0.6 is 27.7 Å². The van der Waals surface area contributed by atoms with E-state index in [1.807, 2.05) is 36.4 Å². The van der Waals surface area contributed by atoms with Crippen LogP contribution in [0.2, 0.25) is 0 Å². The fourth-order valence-electron chi connectivity index (χ4n) is 1.96. The Labute approximate surface area is 133 Å². The van der Waals surface area contributed by atoms with Crippen molar-refractivity contribution in [1.29, 1.82) is 0 Å². The number of nitrogens with one attached hydrogen (secondary N) is 2. The molecule has 0 bridgehead atoms. The third-order valence-corrected chi connectivity index (χ3v) is 4.45. The molecule has 21 heavy (non-hydrogen) atoms. The Hall–Kier alpha value is -1.86. The summed E-state index contributed by atoms with van der Waals surface area (Å²) in [5.41, 5.74) is 0.803. The molecule has 0 radical (unpaired) electrons. The Morgan fingerprint density at radius 2 is 2.05 bits per heavy atom. The lowest BCUT2D eigenvalue weighted by molar-refractivity contribution is -0.113. The molecule has 0 saturated carbocycles. The number of carbonyl (C=O) groups excluding carboxylic acids is 1. The van der Waals surface area contributed by atoms with Crippen molar-refractivity contribution >= 4 is 50.1 Å². The van der Waals surface area contributed by atoms with Crippen molar-refractivity contribution in [2.45, 2.75) is 5.16 Å². The van der Waals surface area contributed by atoms with Crippen molar-refractivity contribution in [2.75, 3.05) is 11.1 Å². The third kappa shape index (κ3) is 3.25. The van der Waals surface area contributed by atoms with Crippen LogP contribution in [0.4, 0.5) is 5.69 Å². The summed E-state index contributed by atoms with van der Waals surface area (Å²) in [6.45, 7) is 0. The smallest absolute Gasteiger partial charge is 0.234 e. The molecule has 1 amide bonds. The monoisotopic (exact) mass is 362 g/mol. The third-order valence-electron chi connectivity index (χ3n) is 2.88. The molecule has 0 saturated heterocycles. The molecule has 0 spiro atoms. The second-order valence-corrected chi connectivity index (χ2v) is 6.09. The maximum Gasteiger partial charge on any atom is 0.234 e. The van der Waals surface area contributed by atoms with Crippen molar-refractivity contribution in [2.24, 2.45) is 0 Å². The highest BCUT2D eigenvalue weighted by molar-refractivity contribution is 9.10. The van der Waals surface area contributed by atoms with Crippen LogP contribution in [-0.4, -0.2) is 26.8 Å². The highest BCUT2D eigenvalue weighted by Gasteiger charge is 2.09. The number of hydrogen-bond acceptors (Lipinski definition) is 4. The van der Waals surface area contributed by atoms with E-state index in [0.717, 1.165) is 20.9 Å². The number of halogens is 1. The van der Waals surface area contributed by atoms with E-state index in [1.54, 1.807) is 0 Å². The van der Waals surface area contributed by atoms with Gasteiger partial charge in [0.05, 0.1) is 5.75 Å². The number of rotatable bonds is 4. The maximum absolute atomic E-state index is 12.0. The minimum absolute atomic E-state index is 0.0797. The van der Waals surface area contributed by atoms with Crippen molar-refractivity contribution < 1.29 is 4.79 Å². The molecule has 0 aliphatic carbocycles. The van der Waals surface area contributed by atoms with Gasteiger partial charge in [-0.05, 0) is 17.5 Å². The fraction of sp³-hybridized carbons (Fsp3) is 0.0714. The first kappa shape index (κ1) is 14.1. The number of H-pyrrole nitrogens is 1. The highest BCUT2D eigenvalue weighted by atomic mass is 79.9. The van der Waals surface area contributed by atoms with Gasteiger partial charge < -0.3 is 5.32 Å². The predicted octanol–water partition coefficient (Wildman–Crippen LogP) is 3.45. The molecular formula is C14H11BrN4OS. The SMILES string of the molecule is O=C(CSc1ncn[nH]1)Nc1ccc(Br)c2ccccc12. The largest absolute Gasteiger partial charge is 0.325 e. The number of anilines is 1. The van der Waals surface area contributed by atoms with Gasteiger partial charge >= 0.3 is 0 Å². The predicted molar refractivity (Wildman–Crippen MR) is 87.4 cm³/mol. The van der Waals surface area contributed by atoms with E-state index in [-0.39, 0.29) is 11.7 Å². The van der Waals surface area contributed by atoms with Gasteiger partial charge in [0, 0.05) is 15.5 Å². The second kappa shape index (κ2) is 6.28. The van der Waals surface area contributed by atoms with E-state index in [1.165, 1.54) is 18.1 Å². The summed E-state index contributed by atoms with van der Waals surface area (Å²) in [6.07, 6.45) is 1.42. The minimum atomic E-state index is -0.0797. The zero-order valence-corrected chi connectivity index (χ0v) is 13.2. The number of hydrogen-bond donors (Lipinski definition) is 2. The summed E-state index contributed by atoms with van der Waals surface area (Å²) < 4.78 is 1.01. The number of fused-ring (bicyclic) bond motifs is 1. The van der Waals surface area contributed by atoms with Crippen molar-refractivity contribution in [1.82, 2.24) is 15.2 Å². The van der Waals surface area contributed by atoms with Crippen molar-refractivity contribution in [3.63, 3.8) is 0 Å². The number of thioether (sulfide) groups is 1. The molecule has 1 aromatic heterocycles. The Balaban J connectivity index is 1.75. The molecule has 2 N–H and O–H groups in total. The molecule has 1 heterocycles. The molecule has 2 aromatic carbocycles. The van der Waals surface area contributed by atoms with Gasteiger partial charge in [-0.15, -0.1) is 0 Å². The number of aromatic amines is 1. The van der Waals surface area contributed by atoms with Crippen LogP contribution in [0.3, 0.4) is 0 Å². The number of amides is 1. The standard InChI is InChI=1S/C14H11BrN4OS/c15-11-5-6-12(10-4-2-1-3-9(10)11)18-13(20)7-21-14-16-8-17-19-14/h1-6,8H,7H2,(H,18,20)(H,16,17,19). The quantitative estimate of drug-likeness (QED) is 0.697. The van der Waals surface area contributed by atoms with Crippen LogP contribution in [0.15, 0.2) is 52.4 Å². The van der Waals surface area contributed by atoms with Crippen molar-refractivity contribution in [3.8, 4) is 0 Å². The summed E-state index contributed by atoms with van der Waals surface area (Å²) in [6, 6.07) is 11.7. The van der Waals surface area contributed by atoms with Crippen LogP contribution < -0.4 is 5.32 Å². The maximum atomic E-state index is 12.0. The zero-order chi connectivity index (χ0) is 14.7. The number of carbonyl (C=O) groups is 1. The van der Waals surface area contributed by atoms with E-state index in [2.05, 4.69) is 36.4 Å². The molecule has 0 unspecified atom stereocenters. The van der Waals surface area contributed by atoms with Gasteiger partial charge in [-0.2, -0.15) is 5.10 Å². The van der Waals surface area contributed by atoms with Crippen LogP contribution in [0.25, 0.3) is 10.8 Å². The lowest BCUT2D eigenvalue weighted by Gasteiger charge is -2.09. The molecule has 0 atom stereocenters. The first-order valence-electron chi connectivity index (χ1n) is 6.19. The number of aromatic nitrogens is 3. The number of nitrogens with zero attached hydrogens (tertiary/aromatic N) is 2. The summed E-state index contributed by atoms with van der Waals surface area (Å²) in [5.74, 6) is 0.198. The fourth-order valence-corrected chi connectivity index (χ4v) is 3.01. The average Bonchev–Trinajstić information content (AvgIpc) is 3.02. The normalized spacial score (nSPS) is 10.7. The van der Waals surface area contributed by atoms with E-state index in [4.69, 9.17) is 0 Å². The zero-order valence-electron chi connectivity index (χ0n) is 10.8. The van der Waals surface area contributed by atoms with E-state index in [0.29, 0.717) is 5.16 Å². The van der Waals surface area contributed by atoms with Crippen molar-refractivity contribution in [3.05, 3.63) is 47.2 Å². The lowest BCUT2D eigenvalue weighted by Crippen LogP contribution is -2.14. The Morgan fingerprint density at radius 3 is 2.81 bits per heavy atom. The van der Waals surface area contributed by atoms with Gasteiger partial charge in [0.1, 0.15) is 6.33 Å². The highest BCUT2D eigenvalue weighted by Crippen LogP contribution is 2.30. The number of benzene rings is 2. The molecule has 3 aromatic rings. The molecule has 7 heteroatoms. The van der Waals surface area contributed by atoms with Crippen LogP contribution in [0.1, 0.15) is 0 Å². The molecule has 3 rings (SSSR count). The average molecular weight is 363 g/mol. The van der Waals surface area contributed by atoms with E-state index >= 15 is 0 Å². The molecule has 106 valence electrons. The van der Waals surface area contributed by atoms with Crippen LogP contribution in [-0.2, 0) is 4.79 Å². The topological polar surface area (TPSA) is 70.7 Å². The van der Waals surface area contributed by atoms with Crippen LogP contribution in [0.5, 0.6) is 0 Å². The minimum Gasteiger partial charge on any atom is -0.325 e. The van der Waals surface area contributed by atoms with Gasteiger partial charge in [-0.1, -0.05) is 52.0 Å².